The van der Waals surface area contributed by atoms with Crippen molar-refractivity contribution in [2.24, 2.45) is 5.41 Å². The van der Waals surface area contributed by atoms with E-state index in [1.165, 1.54) is 6.42 Å². The molecule has 4 nitrogen and oxygen atoms in total. The summed E-state index contributed by atoms with van der Waals surface area (Å²) in [6.07, 6.45) is 4.67. The van der Waals surface area contributed by atoms with E-state index < -0.39 is 0 Å². The van der Waals surface area contributed by atoms with Crippen LogP contribution < -0.4 is 5.32 Å². The van der Waals surface area contributed by atoms with Gasteiger partial charge in [-0.25, -0.2) is 0 Å². The van der Waals surface area contributed by atoms with Crippen molar-refractivity contribution in [2.75, 3.05) is 46.0 Å². The Labute approximate surface area is 124 Å². The van der Waals surface area contributed by atoms with Gasteiger partial charge in [-0.05, 0) is 32.2 Å². The molecule has 0 aromatic carbocycles. The first-order chi connectivity index (χ1) is 9.71. The zero-order valence-corrected chi connectivity index (χ0v) is 13.7. The van der Waals surface area contributed by atoms with Crippen molar-refractivity contribution in [3.8, 4) is 0 Å². The molecule has 0 spiro atoms. The van der Waals surface area contributed by atoms with Gasteiger partial charge in [0.2, 0.25) is 0 Å². The topological polar surface area (TPSA) is 44.7 Å². The first-order valence-electron chi connectivity index (χ1n) is 8.34. The van der Waals surface area contributed by atoms with Crippen LogP contribution in [0.15, 0.2) is 0 Å². The zero-order chi connectivity index (χ0) is 14.8. The van der Waals surface area contributed by atoms with E-state index in [9.17, 15) is 5.11 Å². The Morgan fingerprint density at radius 1 is 1.30 bits per heavy atom. The molecule has 1 unspecified atom stereocenters. The molecule has 1 heterocycles. The van der Waals surface area contributed by atoms with E-state index in [1.807, 2.05) is 0 Å². The number of nitrogens with zero attached hydrogens (tertiary/aromatic N) is 1. The van der Waals surface area contributed by atoms with E-state index in [2.05, 4.69) is 31.0 Å². The highest BCUT2D eigenvalue weighted by Crippen LogP contribution is 2.30. The van der Waals surface area contributed by atoms with Gasteiger partial charge in [-0.1, -0.05) is 20.8 Å². The Morgan fingerprint density at radius 2 is 2.05 bits per heavy atom. The second kappa shape index (κ2) is 9.72. The summed E-state index contributed by atoms with van der Waals surface area (Å²) in [5.41, 5.74) is 0.214. The van der Waals surface area contributed by atoms with Crippen LogP contribution in [0.4, 0.5) is 0 Å². The summed E-state index contributed by atoms with van der Waals surface area (Å²) < 4.78 is 5.78. The van der Waals surface area contributed by atoms with Crippen LogP contribution in [0.5, 0.6) is 0 Å². The molecule has 1 saturated heterocycles. The van der Waals surface area contributed by atoms with Crippen LogP contribution in [0.1, 0.15) is 46.5 Å². The fourth-order valence-corrected chi connectivity index (χ4v) is 3.38. The molecular formula is C16H34N2O2. The second-order valence-corrected chi connectivity index (χ2v) is 6.10. The Balaban J connectivity index is 2.72. The highest BCUT2D eigenvalue weighted by atomic mass is 16.5. The number of hydrogen-bond acceptors (Lipinski definition) is 4. The summed E-state index contributed by atoms with van der Waals surface area (Å²) in [7, 11) is 0. The van der Waals surface area contributed by atoms with E-state index in [0.29, 0.717) is 6.04 Å². The van der Waals surface area contributed by atoms with Crippen molar-refractivity contribution in [1.82, 2.24) is 10.2 Å². The standard InChI is InChI=1S/C16H34N2O2/c1-4-15(5-2)18(9-10-19)13-16(12-17-6-3)8-7-11-20-14-16/h15,17,19H,4-14H2,1-3H3. The molecule has 0 aromatic rings. The third-order valence-corrected chi connectivity index (χ3v) is 4.54. The van der Waals surface area contributed by atoms with Gasteiger partial charge in [-0.3, -0.25) is 4.90 Å². The van der Waals surface area contributed by atoms with Gasteiger partial charge in [0, 0.05) is 37.7 Å². The molecule has 1 aliphatic rings. The summed E-state index contributed by atoms with van der Waals surface area (Å²) >= 11 is 0. The first-order valence-corrected chi connectivity index (χ1v) is 8.34. The summed E-state index contributed by atoms with van der Waals surface area (Å²) in [6.45, 7) is 12.5. The summed E-state index contributed by atoms with van der Waals surface area (Å²) in [5, 5.41) is 12.9. The molecular weight excluding hydrogens is 252 g/mol. The highest BCUT2D eigenvalue weighted by molar-refractivity contribution is 4.88. The minimum Gasteiger partial charge on any atom is -0.395 e. The van der Waals surface area contributed by atoms with Crippen molar-refractivity contribution >= 4 is 0 Å². The van der Waals surface area contributed by atoms with Crippen LogP contribution >= 0.6 is 0 Å². The van der Waals surface area contributed by atoms with E-state index >= 15 is 0 Å². The fraction of sp³-hybridized carbons (Fsp3) is 1.00. The van der Waals surface area contributed by atoms with Crippen molar-refractivity contribution in [3.05, 3.63) is 0 Å². The maximum absolute atomic E-state index is 9.38. The van der Waals surface area contributed by atoms with Gasteiger partial charge in [-0.2, -0.15) is 0 Å². The molecule has 0 aliphatic carbocycles. The number of ether oxygens (including phenoxy) is 1. The third-order valence-electron chi connectivity index (χ3n) is 4.54. The predicted molar refractivity (Wildman–Crippen MR) is 84.1 cm³/mol. The summed E-state index contributed by atoms with van der Waals surface area (Å²) in [4.78, 5) is 2.48. The van der Waals surface area contributed by atoms with Crippen LogP contribution in [0.2, 0.25) is 0 Å². The molecule has 0 aromatic heterocycles. The maximum Gasteiger partial charge on any atom is 0.0558 e. The van der Waals surface area contributed by atoms with Gasteiger partial charge in [0.25, 0.3) is 0 Å². The molecule has 1 atom stereocenters. The van der Waals surface area contributed by atoms with Gasteiger partial charge in [0.15, 0.2) is 0 Å². The summed E-state index contributed by atoms with van der Waals surface area (Å²) in [6, 6.07) is 0.572. The van der Waals surface area contributed by atoms with E-state index in [0.717, 1.165) is 58.7 Å². The number of hydrogen-bond donors (Lipinski definition) is 2. The molecule has 4 heteroatoms. The number of aliphatic hydroxyl groups excluding tert-OH is 1. The average Bonchev–Trinajstić information content (AvgIpc) is 2.48. The Hall–Kier alpha value is -0.160. The smallest absolute Gasteiger partial charge is 0.0558 e. The molecule has 1 rings (SSSR count). The molecule has 0 saturated carbocycles. The average molecular weight is 286 g/mol. The highest BCUT2D eigenvalue weighted by Gasteiger charge is 2.35. The third kappa shape index (κ3) is 5.32. The first kappa shape index (κ1) is 17.9. The van der Waals surface area contributed by atoms with Crippen molar-refractivity contribution < 1.29 is 9.84 Å². The molecule has 20 heavy (non-hydrogen) atoms. The lowest BCUT2D eigenvalue weighted by Crippen LogP contribution is -2.52. The van der Waals surface area contributed by atoms with Gasteiger partial charge in [0.1, 0.15) is 0 Å². The summed E-state index contributed by atoms with van der Waals surface area (Å²) in [5.74, 6) is 0. The van der Waals surface area contributed by atoms with Crippen molar-refractivity contribution in [3.63, 3.8) is 0 Å². The van der Waals surface area contributed by atoms with Crippen LogP contribution in [-0.2, 0) is 4.74 Å². The van der Waals surface area contributed by atoms with Crippen LogP contribution in [0.25, 0.3) is 0 Å². The van der Waals surface area contributed by atoms with Gasteiger partial charge < -0.3 is 15.2 Å². The quantitative estimate of drug-likeness (QED) is 0.643. The van der Waals surface area contributed by atoms with Gasteiger partial charge in [-0.15, -0.1) is 0 Å². The second-order valence-electron chi connectivity index (χ2n) is 6.10. The number of rotatable bonds is 10. The molecule has 1 aliphatic heterocycles. The van der Waals surface area contributed by atoms with Crippen molar-refractivity contribution in [2.45, 2.75) is 52.5 Å². The number of nitrogens with one attached hydrogen (secondary N) is 1. The normalized spacial score (nSPS) is 23.7. The Morgan fingerprint density at radius 3 is 2.55 bits per heavy atom. The van der Waals surface area contributed by atoms with Gasteiger partial charge >= 0.3 is 0 Å². The Kier molecular flexibility index (Phi) is 8.69. The largest absolute Gasteiger partial charge is 0.395 e. The molecule has 2 N–H and O–H groups in total. The lowest BCUT2D eigenvalue weighted by Gasteiger charge is -2.43. The van der Waals surface area contributed by atoms with Crippen LogP contribution in [-0.4, -0.2) is 62.0 Å². The van der Waals surface area contributed by atoms with Crippen LogP contribution in [0.3, 0.4) is 0 Å². The SMILES string of the molecule is CCNCC1(CN(CCO)C(CC)CC)CCCOC1. The van der Waals surface area contributed by atoms with Crippen LogP contribution in [0, 0.1) is 5.41 Å². The monoisotopic (exact) mass is 286 g/mol. The van der Waals surface area contributed by atoms with Crippen molar-refractivity contribution in [1.29, 1.82) is 0 Å². The maximum atomic E-state index is 9.38. The fourth-order valence-electron chi connectivity index (χ4n) is 3.38. The molecule has 1 fully saturated rings. The van der Waals surface area contributed by atoms with E-state index in [4.69, 9.17) is 4.74 Å². The number of aliphatic hydroxyl groups is 1. The van der Waals surface area contributed by atoms with Gasteiger partial charge in [0.05, 0.1) is 13.2 Å². The predicted octanol–water partition coefficient (Wildman–Crippen LogP) is 1.88. The molecule has 120 valence electrons. The Bertz CT molecular complexity index is 239. The zero-order valence-electron chi connectivity index (χ0n) is 13.7. The molecule has 0 bridgehead atoms. The van der Waals surface area contributed by atoms with E-state index in [1.54, 1.807) is 0 Å². The molecule has 0 radical (unpaired) electrons. The van der Waals surface area contributed by atoms with E-state index in [-0.39, 0.29) is 12.0 Å². The minimum absolute atomic E-state index is 0.214. The molecule has 0 amide bonds. The lowest BCUT2D eigenvalue weighted by atomic mass is 9.81. The lowest BCUT2D eigenvalue weighted by molar-refractivity contribution is -0.0358. The minimum atomic E-state index is 0.214.